The summed E-state index contributed by atoms with van der Waals surface area (Å²) in [5, 5.41) is 7.33. The summed E-state index contributed by atoms with van der Waals surface area (Å²) in [5.41, 5.74) is 2.33. The van der Waals surface area contributed by atoms with E-state index >= 15 is 0 Å². The third kappa shape index (κ3) is 3.97. The average molecular weight is 372 g/mol. The highest BCUT2D eigenvalue weighted by atomic mass is 35.5. The Bertz CT molecular complexity index is 819. The maximum absolute atomic E-state index is 11.5. The van der Waals surface area contributed by atoms with Crippen molar-refractivity contribution in [3.05, 3.63) is 36.0 Å². The third-order valence-electron chi connectivity index (χ3n) is 3.95. The Morgan fingerprint density at radius 3 is 2.87 bits per heavy atom. The van der Waals surface area contributed by atoms with Crippen molar-refractivity contribution in [1.29, 1.82) is 0 Å². The molecule has 3 rings (SSSR count). The molecule has 1 aliphatic heterocycles. The Hall–Kier alpha value is -1.31. The van der Waals surface area contributed by atoms with E-state index in [0.29, 0.717) is 11.7 Å². The number of thiocarbonyl (C=S) groups is 1. The molecule has 124 valence electrons. The van der Waals surface area contributed by atoms with Crippen LogP contribution in [0.4, 0.5) is 0 Å². The number of H-pyrrole nitrogens is 1. The van der Waals surface area contributed by atoms with Crippen molar-refractivity contribution in [3.63, 3.8) is 0 Å². The van der Waals surface area contributed by atoms with Gasteiger partial charge in [0.1, 0.15) is 0 Å². The van der Waals surface area contributed by atoms with Crippen LogP contribution in [0.15, 0.2) is 30.5 Å². The predicted molar refractivity (Wildman–Crippen MR) is 97.8 cm³/mol. The Balaban J connectivity index is 1.50. The summed E-state index contributed by atoms with van der Waals surface area (Å²) in [5.74, 6) is 0.0373. The molecule has 2 atom stereocenters. The molecule has 0 amide bonds. The van der Waals surface area contributed by atoms with Crippen molar-refractivity contribution in [1.82, 2.24) is 15.6 Å². The SMILES string of the molecule is O=S1(=O)C[C@@H](Cl)[C@@H](NC(=S)NCCc2c[nH]c3ccccc23)C1. The number of nitrogens with one attached hydrogen (secondary N) is 3. The number of para-hydroxylation sites is 1. The molecular weight excluding hydrogens is 354 g/mol. The van der Waals surface area contributed by atoms with E-state index in [1.807, 2.05) is 24.4 Å². The molecule has 0 bridgehead atoms. The zero-order valence-electron chi connectivity index (χ0n) is 12.4. The van der Waals surface area contributed by atoms with Crippen molar-refractivity contribution >= 4 is 49.7 Å². The first kappa shape index (κ1) is 16.5. The lowest BCUT2D eigenvalue weighted by molar-refractivity contribution is 0.600. The number of benzene rings is 1. The molecule has 0 saturated carbocycles. The highest BCUT2D eigenvalue weighted by Crippen LogP contribution is 2.18. The molecule has 8 heteroatoms. The average Bonchev–Trinajstić information content (AvgIpc) is 3.00. The summed E-state index contributed by atoms with van der Waals surface area (Å²) in [6, 6.07) is 7.81. The van der Waals surface area contributed by atoms with Crippen LogP contribution >= 0.6 is 23.8 Å². The number of halogens is 1. The van der Waals surface area contributed by atoms with E-state index in [0.717, 1.165) is 11.9 Å². The van der Waals surface area contributed by atoms with Gasteiger partial charge in [0.2, 0.25) is 0 Å². The van der Waals surface area contributed by atoms with Crippen LogP contribution in [0, 0.1) is 0 Å². The summed E-state index contributed by atoms with van der Waals surface area (Å²) < 4.78 is 23.1. The van der Waals surface area contributed by atoms with Gasteiger partial charge in [0.05, 0.1) is 22.9 Å². The summed E-state index contributed by atoms with van der Waals surface area (Å²) in [4.78, 5) is 3.24. The second-order valence-corrected chi connectivity index (χ2v) is 8.83. The van der Waals surface area contributed by atoms with E-state index in [9.17, 15) is 8.42 Å². The van der Waals surface area contributed by atoms with Crippen LogP contribution in [-0.2, 0) is 16.3 Å². The van der Waals surface area contributed by atoms with Gasteiger partial charge in [-0.3, -0.25) is 0 Å². The fraction of sp³-hybridized carbons (Fsp3) is 0.400. The summed E-state index contributed by atoms with van der Waals surface area (Å²) in [7, 11) is -3.06. The van der Waals surface area contributed by atoms with E-state index in [2.05, 4.69) is 21.7 Å². The van der Waals surface area contributed by atoms with Crippen molar-refractivity contribution < 1.29 is 8.42 Å². The number of aromatic amines is 1. The van der Waals surface area contributed by atoms with E-state index in [4.69, 9.17) is 23.8 Å². The Labute approximate surface area is 145 Å². The first-order chi connectivity index (χ1) is 10.9. The van der Waals surface area contributed by atoms with E-state index in [-0.39, 0.29) is 17.5 Å². The molecule has 1 aromatic carbocycles. The maximum Gasteiger partial charge on any atom is 0.166 e. The summed E-state index contributed by atoms with van der Waals surface area (Å²) >= 11 is 11.3. The number of fused-ring (bicyclic) bond motifs is 1. The fourth-order valence-corrected chi connectivity index (χ4v) is 5.61. The van der Waals surface area contributed by atoms with Crippen LogP contribution in [0.25, 0.3) is 10.9 Å². The first-order valence-corrected chi connectivity index (χ1v) is 10.0. The van der Waals surface area contributed by atoms with Crippen LogP contribution in [0.5, 0.6) is 0 Å². The monoisotopic (exact) mass is 371 g/mol. The summed E-state index contributed by atoms with van der Waals surface area (Å²) in [6.45, 7) is 0.667. The lowest BCUT2D eigenvalue weighted by atomic mass is 10.1. The maximum atomic E-state index is 11.5. The molecule has 1 saturated heterocycles. The highest BCUT2D eigenvalue weighted by molar-refractivity contribution is 7.91. The molecular formula is C15H18ClN3O2S2. The number of rotatable bonds is 4. The van der Waals surface area contributed by atoms with Gasteiger partial charge in [-0.15, -0.1) is 11.6 Å². The zero-order valence-corrected chi connectivity index (χ0v) is 14.8. The van der Waals surface area contributed by atoms with E-state index < -0.39 is 15.2 Å². The lowest BCUT2D eigenvalue weighted by Gasteiger charge is -2.17. The molecule has 3 N–H and O–H groups in total. The van der Waals surface area contributed by atoms with Crippen molar-refractivity contribution in [2.75, 3.05) is 18.1 Å². The second-order valence-electron chi connectivity index (χ2n) is 5.71. The minimum atomic E-state index is -3.06. The molecule has 1 fully saturated rings. The number of aromatic nitrogens is 1. The van der Waals surface area contributed by atoms with Crippen LogP contribution in [0.1, 0.15) is 5.56 Å². The third-order valence-corrected chi connectivity index (χ3v) is 6.59. The van der Waals surface area contributed by atoms with Crippen LogP contribution in [0.3, 0.4) is 0 Å². The van der Waals surface area contributed by atoms with E-state index in [1.54, 1.807) is 0 Å². The van der Waals surface area contributed by atoms with Crippen LogP contribution in [0.2, 0.25) is 0 Å². The zero-order chi connectivity index (χ0) is 16.4. The van der Waals surface area contributed by atoms with Gasteiger partial charge in [-0.25, -0.2) is 8.42 Å². The van der Waals surface area contributed by atoms with Crippen molar-refractivity contribution in [2.45, 2.75) is 17.8 Å². The smallest absolute Gasteiger partial charge is 0.166 e. The molecule has 1 aromatic heterocycles. The van der Waals surface area contributed by atoms with Gasteiger partial charge in [-0.2, -0.15) is 0 Å². The molecule has 0 aliphatic carbocycles. The molecule has 0 spiro atoms. The van der Waals surface area contributed by atoms with E-state index in [1.165, 1.54) is 10.9 Å². The van der Waals surface area contributed by atoms with Crippen molar-refractivity contribution in [3.8, 4) is 0 Å². The van der Waals surface area contributed by atoms with Gasteiger partial charge >= 0.3 is 0 Å². The normalized spacial score (nSPS) is 23.0. The Morgan fingerprint density at radius 2 is 2.13 bits per heavy atom. The van der Waals surface area contributed by atoms with Gasteiger partial charge in [0.25, 0.3) is 0 Å². The van der Waals surface area contributed by atoms with Gasteiger partial charge in [-0.1, -0.05) is 18.2 Å². The number of hydrogen-bond donors (Lipinski definition) is 3. The fourth-order valence-electron chi connectivity index (χ4n) is 2.81. The van der Waals surface area contributed by atoms with Gasteiger partial charge in [0, 0.05) is 23.6 Å². The molecule has 2 heterocycles. The van der Waals surface area contributed by atoms with Gasteiger partial charge in [0.15, 0.2) is 14.9 Å². The molecule has 5 nitrogen and oxygen atoms in total. The first-order valence-electron chi connectivity index (χ1n) is 7.38. The number of hydrogen-bond acceptors (Lipinski definition) is 3. The Kier molecular flexibility index (Phi) is 4.79. The highest BCUT2D eigenvalue weighted by Gasteiger charge is 2.36. The minimum Gasteiger partial charge on any atom is -0.362 e. The lowest BCUT2D eigenvalue weighted by Crippen LogP contribution is -2.46. The summed E-state index contributed by atoms with van der Waals surface area (Å²) in [6.07, 6.45) is 2.82. The molecule has 23 heavy (non-hydrogen) atoms. The largest absolute Gasteiger partial charge is 0.362 e. The van der Waals surface area contributed by atoms with Crippen LogP contribution in [-0.4, -0.2) is 48.0 Å². The molecule has 0 radical (unpaired) electrons. The number of alkyl halides is 1. The van der Waals surface area contributed by atoms with Gasteiger partial charge in [-0.05, 0) is 30.3 Å². The van der Waals surface area contributed by atoms with Crippen LogP contribution < -0.4 is 10.6 Å². The minimum absolute atomic E-state index is 0.00414. The Morgan fingerprint density at radius 1 is 1.35 bits per heavy atom. The quantitative estimate of drug-likeness (QED) is 0.562. The number of sulfone groups is 1. The molecule has 0 unspecified atom stereocenters. The predicted octanol–water partition coefficient (Wildman–Crippen LogP) is 1.58. The molecule has 2 aromatic rings. The standard InChI is InChI=1S/C15H18ClN3O2S2/c16-12-8-23(20,21)9-14(12)19-15(22)17-6-5-10-7-18-13-4-2-1-3-11(10)13/h1-4,7,12,14,18H,5-6,8-9H2,(H2,17,19,22)/t12-,14+/m1/s1. The van der Waals surface area contributed by atoms with Gasteiger partial charge < -0.3 is 15.6 Å². The molecule has 1 aliphatic rings. The topological polar surface area (TPSA) is 74.0 Å². The second kappa shape index (κ2) is 6.67. The van der Waals surface area contributed by atoms with Crippen molar-refractivity contribution in [2.24, 2.45) is 0 Å².